The highest BCUT2D eigenvalue weighted by molar-refractivity contribution is 6.30. The van der Waals surface area contributed by atoms with Crippen molar-refractivity contribution in [1.29, 1.82) is 0 Å². The van der Waals surface area contributed by atoms with Crippen molar-refractivity contribution in [2.24, 2.45) is 48.6 Å². The molecule has 1 unspecified atom stereocenters. The van der Waals surface area contributed by atoms with Crippen LogP contribution in [0.5, 0.6) is 0 Å². The lowest BCUT2D eigenvalue weighted by Gasteiger charge is -2.15. The fourth-order valence-corrected chi connectivity index (χ4v) is 3.29. The van der Waals surface area contributed by atoms with E-state index in [1.54, 1.807) is 24.3 Å². The molecule has 12 heteroatoms. The minimum Gasteiger partial charge on any atom is -0.370 e. The maximum atomic E-state index is 6.04. The van der Waals surface area contributed by atoms with Crippen LogP contribution in [0.15, 0.2) is 68.5 Å². The molecule has 182 valence electrons. The van der Waals surface area contributed by atoms with Crippen LogP contribution in [0.2, 0.25) is 10.0 Å². The van der Waals surface area contributed by atoms with Crippen LogP contribution in [0, 0.1) is 0 Å². The first-order valence-electron chi connectivity index (χ1n) is 10.5. The van der Waals surface area contributed by atoms with E-state index in [2.05, 4.69) is 25.3 Å². The maximum Gasteiger partial charge on any atom is 0.218 e. The van der Waals surface area contributed by atoms with Crippen molar-refractivity contribution in [3.63, 3.8) is 0 Å². The topological polar surface area (TPSA) is 192 Å². The van der Waals surface area contributed by atoms with Crippen LogP contribution in [0.1, 0.15) is 30.7 Å². The summed E-state index contributed by atoms with van der Waals surface area (Å²) in [5.41, 5.74) is 29.9. The number of nitrogens with two attached hydrogens (primary N) is 5. The SMILES string of the molecule is NC(N)=NC(N)=NCCCCC(CN=C(N)N=C(N)Nc1ccc(Cl)cc1)c1ccc(Cl)cc1. The van der Waals surface area contributed by atoms with Crippen LogP contribution in [0.4, 0.5) is 5.69 Å². The van der Waals surface area contributed by atoms with Crippen LogP contribution >= 0.6 is 23.2 Å². The number of guanidine groups is 4. The molecule has 0 radical (unpaired) electrons. The van der Waals surface area contributed by atoms with Gasteiger partial charge < -0.3 is 34.0 Å². The molecule has 0 saturated carbocycles. The summed E-state index contributed by atoms with van der Waals surface area (Å²) < 4.78 is 0. The number of unbranched alkanes of at least 4 members (excludes halogenated alkanes) is 1. The molecule has 0 spiro atoms. The molecule has 0 fully saturated rings. The number of anilines is 1. The minimum absolute atomic E-state index is 0.0642. The molecule has 0 aliphatic carbocycles. The lowest BCUT2D eigenvalue weighted by Crippen LogP contribution is -2.26. The van der Waals surface area contributed by atoms with E-state index >= 15 is 0 Å². The van der Waals surface area contributed by atoms with Gasteiger partial charge in [0.15, 0.2) is 5.96 Å². The molecule has 2 aromatic carbocycles. The lowest BCUT2D eigenvalue weighted by molar-refractivity contribution is 0.581. The molecule has 0 aromatic heterocycles. The number of nitrogens with zero attached hydrogens (tertiary/aromatic N) is 4. The Morgan fingerprint density at radius 1 is 0.765 bits per heavy atom. The number of hydrogen-bond acceptors (Lipinski definition) is 2. The molecule has 0 heterocycles. The Kier molecular flexibility index (Phi) is 10.9. The summed E-state index contributed by atoms with van der Waals surface area (Å²) >= 11 is 11.9. The highest BCUT2D eigenvalue weighted by Gasteiger charge is 2.11. The second-order valence-electron chi connectivity index (χ2n) is 7.35. The Labute approximate surface area is 209 Å². The first-order chi connectivity index (χ1) is 16.2. The summed E-state index contributed by atoms with van der Waals surface area (Å²) in [6.45, 7) is 0.948. The first kappa shape index (κ1) is 26.7. The molecule has 2 aromatic rings. The van der Waals surface area contributed by atoms with Gasteiger partial charge in [-0.05, 0) is 54.8 Å². The van der Waals surface area contributed by atoms with Crippen molar-refractivity contribution in [3.05, 3.63) is 64.1 Å². The van der Waals surface area contributed by atoms with Gasteiger partial charge in [0.05, 0.1) is 0 Å². The van der Waals surface area contributed by atoms with Crippen molar-refractivity contribution in [3.8, 4) is 0 Å². The number of rotatable bonds is 9. The molecule has 1 atom stereocenters. The van der Waals surface area contributed by atoms with Crippen LogP contribution < -0.4 is 34.0 Å². The third-order valence-corrected chi connectivity index (χ3v) is 5.15. The van der Waals surface area contributed by atoms with Crippen molar-refractivity contribution in [2.45, 2.75) is 25.2 Å². The first-order valence-corrected chi connectivity index (χ1v) is 11.3. The second kappa shape index (κ2) is 13.9. The zero-order chi connectivity index (χ0) is 24.9. The average molecular weight is 505 g/mol. The van der Waals surface area contributed by atoms with Crippen molar-refractivity contribution < 1.29 is 0 Å². The molecule has 0 bridgehead atoms. The molecular formula is C22H30Cl2N10. The van der Waals surface area contributed by atoms with E-state index in [9.17, 15) is 0 Å². The summed E-state index contributed by atoms with van der Waals surface area (Å²) in [5.74, 6) is 0.256. The highest BCUT2D eigenvalue weighted by Crippen LogP contribution is 2.24. The maximum absolute atomic E-state index is 6.04. The third-order valence-electron chi connectivity index (χ3n) is 4.64. The highest BCUT2D eigenvalue weighted by atomic mass is 35.5. The number of benzene rings is 2. The molecule has 10 nitrogen and oxygen atoms in total. The van der Waals surface area contributed by atoms with Gasteiger partial charge in [0, 0.05) is 34.7 Å². The van der Waals surface area contributed by atoms with E-state index in [4.69, 9.17) is 51.9 Å². The summed E-state index contributed by atoms with van der Waals surface area (Å²) in [7, 11) is 0. The van der Waals surface area contributed by atoms with Crippen molar-refractivity contribution in [2.75, 3.05) is 18.4 Å². The number of nitrogens with one attached hydrogen (secondary N) is 1. The van der Waals surface area contributed by atoms with E-state index in [1.807, 2.05) is 24.3 Å². The zero-order valence-corrected chi connectivity index (χ0v) is 20.2. The average Bonchev–Trinajstić information content (AvgIpc) is 2.77. The Morgan fingerprint density at radius 2 is 1.35 bits per heavy atom. The Hall–Kier alpha value is -3.50. The molecule has 0 aliphatic rings. The lowest BCUT2D eigenvalue weighted by atomic mass is 9.93. The van der Waals surface area contributed by atoms with E-state index < -0.39 is 0 Å². The van der Waals surface area contributed by atoms with Crippen LogP contribution in [0.25, 0.3) is 0 Å². The van der Waals surface area contributed by atoms with E-state index in [0.29, 0.717) is 23.1 Å². The fourth-order valence-electron chi connectivity index (χ4n) is 3.03. The fraction of sp³-hybridized carbons (Fsp3) is 0.273. The molecule has 2 rings (SSSR count). The number of hydrogen-bond donors (Lipinski definition) is 6. The molecule has 0 amide bonds. The Bertz CT molecular complexity index is 1030. The quantitative estimate of drug-likeness (QED) is 0.172. The summed E-state index contributed by atoms with van der Waals surface area (Å²) in [6, 6.07) is 14.7. The van der Waals surface area contributed by atoms with Crippen LogP contribution in [0.3, 0.4) is 0 Å². The molecule has 0 aliphatic heterocycles. The smallest absolute Gasteiger partial charge is 0.218 e. The monoisotopic (exact) mass is 504 g/mol. The largest absolute Gasteiger partial charge is 0.370 e. The van der Waals surface area contributed by atoms with E-state index in [1.165, 1.54) is 0 Å². The summed E-state index contributed by atoms with van der Waals surface area (Å²) in [4.78, 5) is 16.4. The predicted molar refractivity (Wildman–Crippen MR) is 144 cm³/mol. The Morgan fingerprint density at radius 3 is 1.97 bits per heavy atom. The van der Waals surface area contributed by atoms with Gasteiger partial charge in [0.25, 0.3) is 0 Å². The van der Waals surface area contributed by atoms with Crippen molar-refractivity contribution >= 4 is 52.7 Å². The van der Waals surface area contributed by atoms with Gasteiger partial charge in [-0.1, -0.05) is 41.8 Å². The third kappa shape index (κ3) is 10.4. The number of aliphatic imine (C=N–C) groups is 4. The van der Waals surface area contributed by atoms with Gasteiger partial charge in [-0.3, -0.25) is 9.98 Å². The molecular weight excluding hydrogens is 475 g/mol. The number of halogens is 2. The van der Waals surface area contributed by atoms with Gasteiger partial charge in [-0.2, -0.15) is 9.98 Å². The molecule has 11 N–H and O–H groups in total. The van der Waals surface area contributed by atoms with Gasteiger partial charge in [-0.25, -0.2) is 0 Å². The summed E-state index contributed by atoms with van der Waals surface area (Å²) in [5, 5.41) is 4.23. The molecule has 0 saturated heterocycles. The zero-order valence-electron chi connectivity index (χ0n) is 18.7. The van der Waals surface area contributed by atoms with Gasteiger partial charge in [-0.15, -0.1) is 0 Å². The molecule has 34 heavy (non-hydrogen) atoms. The van der Waals surface area contributed by atoms with Gasteiger partial charge in [0.2, 0.25) is 17.9 Å². The second-order valence-corrected chi connectivity index (χ2v) is 8.22. The van der Waals surface area contributed by atoms with Crippen LogP contribution in [-0.4, -0.2) is 36.9 Å². The van der Waals surface area contributed by atoms with Gasteiger partial charge in [0.1, 0.15) is 0 Å². The van der Waals surface area contributed by atoms with Crippen molar-refractivity contribution in [1.82, 2.24) is 0 Å². The van der Waals surface area contributed by atoms with Crippen LogP contribution in [-0.2, 0) is 0 Å². The minimum atomic E-state index is -0.119. The normalized spacial score (nSPS) is 13.4. The predicted octanol–water partition coefficient (Wildman–Crippen LogP) is 2.58. The Balaban J connectivity index is 1.98. The summed E-state index contributed by atoms with van der Waals surface area (Å²) in [6.07, 6.45) is 2.53. The van der Waals surface area contributed by atoms with Gasteiger partial charge >= 0.3 is 0 Å². The van der Waals surface area contributed by atoms with E-state index in [0.717, 1.165) is 30.5 Å². The standard InChI is InChI=1S/C22H30Cl2N10/c23-16-6-4-14(5-7-16)15(3-1-2-12-30-20(27)33-19(25)26)13-31-21(28)34-22(29)32-18-10-8-17(24)9-11-18/h4-11,15H,1-3,12-13H2,(H6,25,26,27,30,33)(H5,28,29,31,32,34). The van der Waals surface area contributed by atoms with E-state index in [-0.39, 0.29) is 29.8 Å².